The Kier molecular flexibility index (Phi) is 4.14. The van der Waals surface area contributed by atoms with E-state index in [2.05, 4.69) is 15.9 Å². The van der Waals surface area contributed by atoms with Crippen LogP contribution >= 0.6 is 38.8 Å². The van der Waals surface area contributed by atoms with E-state index < -0.39 is 0 Å². The molecule has 0 aliphatic carbocycles. The summed E-state index contributed by atoms with van der Waals surface area (Å²) in [5, 5.41) is 9.87. The fraction of sp³-hybridized carbons (Fsp3) is 0.0625. The summed E-state index contributed by atoms with van der Waals surface area (Å²) in [7, 11) is 1.49. The van der Waals surface area contributed by atoms with Crippen LogP contribution in [0.25, 0.3) is 11.6 Å². The second-order valence-corrected chi connectivity index (χ2v) is 6.53. The number of methoxy groups -OCH3 is 1. The summed E-state index contributed by atoms with van der Waals surface area (Å²) in [5.74, 6) is 0.328. The Bertz CT molecular complexity index is 804. The lowest BCUT2D eigenvalue weighted by atomic mass is 10.0. The van der Waals surface area contributed by atoms with Gasteiger partial charge in [0.25, 0.3) is 5.91 Å². The largest absolute Gasteiger partial charge is 0.503 e. The number of carbonyl (C=O) groups is 1. The molecule has 112 valence electrons. The smallest absolute Gasteiger partial charge is 0.267 e. The molecule has 1 aliphatic rings. The Morgan fingerprint density at radius 3 is 2.77 bits per heavy atom. The molecule has 0 atom stereocenters. The Hall–Kier alpha value is -1.54. The number of hydrogen-bond donors (Lipinski definition) is 1. The zero-order valence-electron chi connectivity index (χ0n) is 11.5. The monoisotopic (exact) mass is 471 g/mol. The van der Waals surface area contributed by atoms with Crippen molar-refractivity contribution in [2.24, 2.45) is 0 Å². The van der Waals surface area contributed by atoms with Crippen molar-refractivity contribution in [3.63, 3.8) is 0 Å². The summed E-state index contributed by atoms with van der Waals surface area (Å²) in [6.45, 7) is 0. The zero-order valence-corrected chi connectivity index (χ0v) is 15.3. The van der Waals surface area contributed by atoms with Gasteiger partial charge in [-0.05, 0) is 45.8 Å². The highest BCUT2D eigenvalue weighted by molar-refractivity contribution is 14.1. The molecule has 0 fully saturated rings. The van der Waals surface area contributed by atoms with Gasteiger partial charge < -0.3 is 9.84 Å². The van der Waals surface area contributed by atoms with Crippen molar-refractivity contribution >= 4 is 62.0 Å². The number of amides is 1. The van der Waals surface area contributed by atoms with Crippen LogP contribution in [0, 0.1) is 0 Å². The summed E-state index contributed by atoms with van der Waals surface area (Å²) in [5.41, 5.74) is 3.16. The summed E-state index contributed by atoms with van der Waals surface area (Å²) >= 11 is 5.29. The molecule has 1 N–H and O–H groups in total. The molecule has 0 aromatic heterocycles. The van der Waals surface area contributed by atoms with E-state index in [-0.39, 0.29) is 11.7 Å². The number of anilines is 1. The van der Waals surface area contributed by atoms with Crippen molar-refractivity contribution in [2.45, 2.75) is 0 Å². The van der Waals surface area contributed by atoms with Crippen molar-refractivity contribution in [1.82, 2.24) is 0 Å². The lowest BCUT2D eigenvalue weighted by Crippen LogP contribution is -2.12. The van der Waals surface area contributed by atoms with Gasteiger partial charge in [0.15, 0.2) is 11.5 Å². The second kappa shape index (κ2) is 5.92. The highest BCUT2D eigenvalue weighted by Crippen LogP contribution is 2.41. The van der Waals surface area contributed by atoms with Crippen LogP contribution in [0.4, 0.5) is 5.69 Å². The molecule has 2 aromatic rings. The molecule has 0 saturated carbocycles. The molecular weight excluding hydrogens is 461 g/mol. The summed E-state index contributed by atoms with van der Waals surface area (Å²) in [4.78, 5) is 12.4. The first-order valence-corrected chi connectivity index (χ1v) is 8.16. The van der Waals surface area contributed by atoms with Gasteiger partial charge in [0.1, 0.15) is 0 Å². The molecule has 1 heterocycles. The maximum Gasteiger partial charge on any atom is 0.267 e. The first kappa shape index (κ1) is 15.4. The van der Waals surface area contributed by atoms with Crippen LogP contribution < -0.4 is 7.85 Å². The van der Waals surface area contributed by atoms with E-state index >= 15 is 0 Å². The molecule has 0 unspecified atom stereocenters. The van der Waals surface area contributed by atoms with Gasteiger partial charge in [-0.1, -0.05) is 18.2 Å². The lowest BCUT2D eigenvalue weighted by Gasteiger charge is -2.07. The molecule has 3 rings (SSSR count). The average molecular weight is 472 g/mol. The van der Waals surface area contributed by atoms with Gasteiger partial charge in [-0.2, -0.15) is 0 Å². The van der Waals surface area contributed by atoms with Crippen LogP contribution in [0.5, 0.6) is 11.5 Å². The molecule has 0 radical (unpaired) electrons. The van der Waals surface area contributed by atoms with Crippen molar-refractivity contribution in [1.29, 1.82) is 0 Å². The highest BCUT2D eigenvalue weighted by Gasteiger charge is 2.30. The maximum absolute atomic E-state index is 12.4. The highest BCUT2D eigenvalue weighted by atomic mass is 127. The number of halogens is 2. The van der Waals surface area contributed by atoms with Crippen molar-refractivity contribution in [2.75, 3.05) is 10.2 Å². The minimum atomic E-state index is -0.0648. The number of phenolic OH excluding ortho intramolecular Hbond substituents is 1. The van der Waals surface area contributed by atoms with Crippen LogP contribution in [-0.2, 0) is 4.79 Å². The normalized spacial score (nSPS) is 15.3. The number of phenols is 1. The number of fused-ring (bicyclic) bond motifs is 1. The number of hydrogen-bond acceptors (Lipinski definition) is 3. The zero-order chi connectivity index (χ0) is 15.9. The van der Waals surface area contributed by atoms with E-state index in [0.29, 0.717) is 15.8 Å². The van der Waals surface area contributed by atoms with Gasteiger partial charge in [0.05, 0.1) is 45.7 Å². The number of ether oxygens (including phenoxy) is 1. The third-order valence-corrected chi connectivity index (χ3v) is 4.96. The number of aromatic hydroxyl groups is 1. The Balaban J connectivity index is 2.14. The number of carbonyl (C=O) groups excluding carboxylic acids is 1. The lowest BCUT2D eigenvalue weighted by molar-refractivity contribution is -0.111. The molecule has 1 aliphatic heterocycles. The van der Waals surface area contributed by atoms with E-state index in [0.717, 1.165) is 16.8 Å². The van der Waals surface area contributed by atoms with Crippen molar-refractivity contribution in [3.8, 4) is 11.5 Å². The van der Waals surface area contributed by atoms with Gasteiger partial charge in [-0.25, -0.2) is 3.11 Å². The van der Waals surface area contributed by atoms with Crippen molar-refractivity contribution in [3.05, 3.63) is 52.0 Å². The number of para-hydroxylation sites is 1. The third kappa shape index (κ3) is 2.50. The minimum absolute atomic E-state index is 0.0401. The minimum Gasteiger partial charge on any atom is -0.503 e. The van der Waals surface area contributed by atoms with Crippen LogP contribution in [0.15, 0.2) is 40.9 Å². The summed E-state index contributed by atoms with van der Waals surface area (Å²) in [6.07, 6.45) is 1.80. The van der Waals surface area contributed by atoms with E-state index in [4.69, 9.17) is 4.74 Å². The van der Waals surface area contributed by atoms with Gasteiger partial charge >= 0.3 is 0 Å². The number of rotatable bonds is 2. The fourth-order valence-corrected chi connectivity index (χ4v) is 3.48. The van der Waals surface area contributed by atoms with Crippen LogP contribution in [0.1, 0.15) is 11.1 Å². The third-order valence-electron chi connectivity index (χ3n) is 3.40. The number of nitrogens with zero attached hydrogens (tertiary/aromatic N) is 1. The Labute approximate surface area is 150 Å². The van der Waals surface area contributed by atoms with Gasteiger partial charge in [0, 0.05) is 5.56 Å². The molecule has 6 heteroatoms. The quantitative estimate of drug-likeness (QED) is 0.401. The van der Waals surface area contributed by atoms with E-state index in [1.807, 2.05) is 47.1 Å². The molecule has 0 saturated heterocycles. The summed E-state index contributed by atoms with van der Waals surface area (Å²) in [6, 6.07) is 11.1. The number of benzene rings is 2. The first-order chi connectivity index (χ1) is 10.5. The molecule has 2 aromatic carbocycles. The molecule has 0 spiro atoms. The van der Waals surface area contributed by atoms with Gasteiger partial charge in [0.2, 0.25) is 0 Å². The second-order valence-electron chi connectivity index (χ2n) is 4.71. The fourth-order valence-electron chi connectivity index (χ4n) is 2.34. The van der Waals surface area contributed by atoms with E-state index in [1.54, 1.807) is 21.3 Å². The van der Waals surface area contributed by atoms with Crippen LogP contribution in [0.2, 0.25) is 0 Å². The molecule has 4 nitrogen and oxygen atoms in total. The standard InChI is InChI=1S/C16H11BrINO3/c1-22-14-8-9(7-12(17)15(14)20)6-11-10-4-2-3-5-13(10)19(18)16(11)21/h2-8,20H,1H3. The predicted octanol–water partition coefficient (Wildman–Crippen LogP) is 4.40. The van der Waals surface area contributed by atoms with Gasteiger partial charge in [-0.3, -0.25) is 4.79 Å². The van der Waals surface area contributed by atoms with Gasteiger partial charge in [-0.15, -0.1) is 0 Å². The van der Waals surface area contributed by atoms with E-state index in [1.165, 1.54) is 7.11 Å². The van der Waals surface area contributed by atoms with Crippen LogP contribution in [-0.4, -0.2) is 18.1 Å². The maximum atomic E-state index is 12.4. The molecular formula is C16H11BrINO3. The van der Waals surface area contributed by atoms with Crippen LogP contribution in [0.3, 0.4) is 0 Å². The Morgan fingerprint density at radius 2 is 2.05 bits per heavy atom. The SMILES string of the molecule is COc1cc(C=C2C(=O)N(I)c3ccccc32)cc(Br)c1O. The van der Waals surface area contributed by atoms with E-state index in [9.17, 15) is 9.90 Å². The summed E-state index contributed by atoms with van der Waals surface area (Å²) < 4.78 is 7.26. The van der Waals surface area contributed by atoms with Crippen molar-refractivity contribution < 1.29 is 14.6 Å². The molecule has 22 heavy (non-hydrogen) atoms. The molecule has 1 amide bonds. The first-order valence-electron chi connectivity index (χ1n) is 6.40. The molecule has 0 bridgehead atoms. The predicted molar refractivity (Wildman–Crippen MR) is 98.2 cm³/mol. The Morgan fingerprint density at radius 1 is 1.32 bits per heavy atom. The topological polar surface area (TPSA) is 49.8 Å². The average Bonchev–Trinajstić information content (AvgIpc) is 2.76.